The van der Waals surface area contributed by atoms with E-state index in [2.05, 4.69) is 0 Å². The van der Waals surface area contributed by atoms with E-state index >= 15 is 0 Å². The summed E-state index contributed by atoms with van der Waals surface area (Å²) in [6, 6.07) is 0. The van der Waals surface area contributed by atoms with Gasteiger partial charge < -0.3 is 10.8 Å². The topological polar surface area (TPSA) is 63.3 Å². The van der Waals surface area contributed by atoms with Crippen molar-refractivity contribution >= 4 is 5.97 Å². The smallest absolute Gasteiger partial charge is 0.324 e. The molecule has 0 spiro atoms. The van der Waals surface area contributed by atoms with Crippen molar-refractivity contribution in [3.8, 4) is 0 Å². The number of hydrogen-bond acceptors (Lipinski definition) is 2. The van der Waals surface area contributed by atoms with Crippen LogP contribution in [-0.2, 0) is 4.79 Å². The van der Waals surface area contributed by atoms with E-state index in [1.807, 2.05) is 13.8 Å². The van der Waals surface area contributed by atoms with Gasteiger partial charge in [0.1, 0.15) is 5.54 Å². The molecule has 0 saturated heterocycles. The first-order valence-electron chi connectivity index (χ1n) is 4.54. The molecule has 0 heterocycles. The lowest BCUT2D eigenvalue weighted by atomic mass is 9.52. The maximum absolute atomic E-state index is 10.9. The normalized spacial score (nSPS) is 32.6. The number of aliphatic carboxylic acids is 1. The SMILES string of the molecule is CCC1(CC)CCC1(N)C(=O)O. The van der Waals surface area contributed by atoms with Crippen LogP contribution in [0.5, 0.6) is 0 Å². The zero-order valence-electron chi connectivity index (χ0n) is 7.76. The summed E-state index contributed by atoms with van der Waals surface area (Å²) in [4.78, 5) is 10.9. The number of carboxylic acid groups (broad SMARTS) is 1. The zero-order valence-corrected chi connectivity index (χ0v) is 7.76. The van der Waals surface area contributed by atoms with Crippen LogP contribution in [0.3, 0.4) is 0 Å². The summed E-state index contributed by atoms with van der Waals surface area (Å²) in [6.07, 6.45) is 3.32. The molecule has 1 atom stereocenters. The number of hydrogen-bond donors (Lipinski definition) is 2. The van der Waals surface area contributed by atoms with Crippen molar-refractivity contribution in [1.29, 1.82) is 0 Å². The van der Waals surface area contributed by atoms with Gasteiger partial charge in [0.05, 0.1) is 0 Å². The maximum atomic E-state index is 10.9. The Bertz CT molecular complexity index is 193. The van der Waals surface area contributed by atoms with E-state index in [1.165, 1.54) is 0 Å². The molecule has 0 radical (unpaired) electrons. The fourth-order valence-electron chi connectivity index (χ4n) is 2.32. The van der Waals surface area contributed by atoms with Crippen LogP contribution in [0.4, 0.5) is 0 Å². The average molecular weight is 171 g/mol. The molecule has 1 saturated carbocycles. The summed E-state index contributed by atoms with van der Waals surface area (Å²) in [6.45, 7) is 4.04. The van der Waals surface area contributed by atoms with Gasteiger partial charge in [-0.15, -0.1) is 0 Å². The molecule has 0 aromatic carbocycles. The number of carboxylic acids is 1. The van der Waals surface area contributed by atoms with Gasteiger partial charge >= 0.3 is 5.97 Å². The summed E-state index contributed by atoms with van der Waals surface area (Å²) in [5, 5.41) is 8.97. The number of rotatable bonds is 3. The number of carbonyl (C=O) groups is 1. The van der Waals surface area contributed by atoms with Crippen LogP contribution >= 0.6 is 0 Å². The molecule has 1 fully saturated rings. The molecule has 1 aliphatic rings. The lowest BCUT2D eigenvalue weighted by Crippen LogP contribution is -2.67. The van der Waals surface area contributed by atoms with Crippen LogP contribution in [0.1, 0.15) is 39.5 Å². The monoisotopic (exact) mass is 171 g/mol. The first-order valence-corrected chi connectivity index (χ1v) is 4.54. The van der Waals surface area contributed by atoms with Gasteiger partial charge in [-0.2, -0.15) is 0 Å². The Labute approximate surface area is 72.9 Å². The van der Waals surface area contributed by atoms with Crippen LogP contribution in [0.15, 0.2) is 0 Å². The van der Waals surface area contributed by atoms with Gasteiger partial charge in [-0.1, -0.05) is 13.8 Å². The van der Waals surface area contributed by atoms with Crippen LogP contribution in [-0.4, -0.2) is 16.6 Å². The van der Waals surface area contributed by atoms with Crippen molar-refractivity contribution in [2.24, 2.45) is 11.1 Å². The van der Waals surface area contributed by atoms with Gasteiger partial charge in [-0.3, -0.25) is 4.79 Å². The molecule has 1 unspecified atom stereocenters. The molecular weight excluding hydrogens is 154 g/mol. The van der Waals surface area contributed by atoms with Gasteiger partial charge in [-0.25, -0.2) is 0 Å². The highest BCUT2D eigenvalue weighted by Crippen LogP contribution is 2.53. The van der Waals surface area contributed by atoms with Crippen molar-refractivity contribution in [1.82, 2.24) is 0 Å². The standard InChI is InChI=1S/C9H17NO2/c1-3-8(4-2)5-6-9(8,10)7(11)12/h3-6,10H2,1-2H3,(H,11,12). The minimum absolute atomic E-state index is 0.140. The predicted octanol–water partition coefficient (Wildman–Crippen LogP) is 1.37. The van der Waals surface area contributed by atoms with Crippen molar-refractivity contribution in [3.63, 3.8) is 0 Å². The Hall–Kier alpha value is -0.570. The Kier molecular flexibility index (Phi) is 2.17. The van der Waals surface area contributed by atoms with E-state index in [9.17, 15) is 4.79 Å². The Balaban J connectivity index is 2.87. The highest BCUT2D eigenvalue weighted by Gasteiger charge is 2.59. The Morgan fingerprint density at radius 1 is 1.42 bits per heavy atom. The molecule has 3 N–H and O–H groups in total. The molecule has 3 heteroatoms. The van der Waals surface area contributed by atoms with Gasteiger partial charge in [-0.05, 0) is 31.1 Å². The minimum atomic E-state index is -0.948. The third-order valence-electron chi connectivity index (χ3n) is 3.68. The van der Waals surface area contributed by atoms with Crippen LogP contribution in [0, 0.1) is 5.41 Å². The molecule has 0 aromatic rings. The molecule has 3 nitrogen and oxygen atoms in total. The Morgan fingerprint density at radius 3 is 2.00 bits per heavy atom. The minimum Gasteiger partial charge on any atom is -0.480 e. The molecule has 0 bridgehead atoms. The average Bonchev–Trinajstić information content (AvgIpc) is 2.04. The zero-order chi connectivity index (χ0) is 9.41. The van der Waals surface area contributed by atoms with Crippen LogP contribution < -0.4 is 5.73 Å². The van der Waals surface area contributed by atoms with Gasteiger partial charge in [0.2, 0.25) is 0 Å². The summed E-state index contributed by atoms with van der Waals surface area (Å²) >= 11 is 0. The van der Waals surface area contributed by atoms with Crippen molar-refractivity contribution in [2.75, 3.05) is 0 Å². The van der Waals surface area contributed by atoms with E-state index in [-0.39, 0.29) is 5.41 Å². The van der Waals surface area contributed by atoms with E-state index < -0.39 is 11.5 Å². The third-order valence-corrected chi connectivity index (χ3v) is 3.68. The quantitative estimate of drug-likeness (QED) is 0.674. The van der Waals surface area contributed by atoms with Crippen molar-refractivity contribution in [3.05, 3.63) is 0 Å². The van der Waals surface area contributed by atoms with Crippen molar-refractivity contribution in [2.45, 2.75) is 45.1 Å². The molecule has 12 heavy (non-hydrogen) atoms. The van der Waals surface area contributed by atoms with Crippen LogP contribution in [0.2, 0.25) is 0 Å². The second-order valence-corrected chi connectivity index (χ2v) is 3.76. The van der Waals surface area contributed by atoms with E-state index in [0.29, 0.717) is 6.42 Å². The van der Waals surface area contributed by atoms with Gasteiger partial charge in [0.15, 0.2) is 0 Å². The highest BCUT2D eigenvalue weighted by atomic mass is 16.4. The summed E-state index contributed by atoms with van der Waals surface area (Å²) < 4.78 is 0. The van der Waals surface area contributed by atoms with Gasteiger partial charge in [0.25, 0.3) is 0 Å². The fraction of sp³-hybridized carbons (Fsp3) is 0.889. The first kappa shape index (κ1) is 9.52. The lowest BCUT2D eigenvalue weighted by Gasteiger charge is -2.54. The summed E-state index contributed by atoms with van der Waals surface area (Å²) in [7, 11) is 0. The largest absolute Gasteiger partial charge is 0.480 e. The van der Waals surface area contributed by atoms with E-state index in [1.54, 1.807) is 0 Å². The second kappa shape index (κ2) is 2.73. The summed E-state index contributed by atoms with van der Waals surface area (Å²) in [5.74, 6) is -0.836. The molecule has 0 amide bonds. The molecule has 0 aliphatic heterocycles. The predicted molar refractivity (Wildman–Crippen MR) is 46.8 cm³/mol. The molecular formula is C9H17NO2. The van der Waals surface area contributed by atoms with E-state index in [0.717, 1.165) is 19.3 Å². The third kappa shape index (κ3) is 0.891. The lowest BCUT2D eigenvalue weighted by molar-refractivity contribution is -0.159. The highest BCUT2D eigenvalue weighted by molar-refractivity contribution is 5.81. The maximum Gasteiger partial charge on any atom is 0.324 e. The molecule has 1 aliphatic carbocycles. The summed E-state index contributed by atoms with van der Waals surface area (Å²) in [5.41, 5.74) is 4.76. The second-order valence-electron chi connectivity index (χ2n) is 3.76. The fourth-order valence-corrected chi connectivity index (χ4v) is 2.32. The Morgan fingerprint density at radius 2 is 1.92 bits per heavy atom. The van der Waals surface area contributed by atoms with Gasteiger partial charge in [0, 0.05) is 0 Å². The molecule has 70 valence electrons. The number of nitrogens with two attached hydrogens (primary N) is 1. The first-order chi connectivity index (χ1) is 5.52. The van der Waals surface area contributed by atoms with Crippen LogP contribution in [0.25, 0.3) is 0 Å². The van der Waals surface area contributed by atoms with E-state index in [4.69, 9.17) is 10.8 Å². The molecule has 0 aromatic heterocycles. The van der Waals surface area contributed by atoms with Crippen molar-refractivity contribution < 1.29 is 9.90 Å². The molecule has 1 rings (SSSR count).